The first kappa shape index (κ1) is 18.5. The van der Waals surface area contributed by atoms with Crippen molar-refractivity contribution in [1.82, 2.24) is 0 Å². The third kappa shape index (κ3) is 10.0. The fourth-order valence-electron chi connectivity index (χ4n) is 1.64. The molecule has 0 aliphatic heterocycles. The molecule has 2 N–H and O–H groups in total. The normalized spacial score (nSPS) is 11.8. The van der Waals surface area contributed by atoms with Gasteiger partial charge in [0.1, 0.15) is 0 Å². The summed E-state index contributed by atoms with van der Waals surface area (Å²) in [4.78, 5) is 19.1. The molecule has 4 nitrogen and oxygen atoms in total. The summed E-state index contributed by atoms with van der Waals surface area (Å²) < 4.78 is 0. The van der Waals surface area contributed by atoms with Crippen LogP contribution in [0.2, 0.25) is 0 Å². The van der Waals surface area contributed by atoms with Gasteiger partial charge in [0.05, 0.1) is 0 Å². The molecule has 0 atom stereocenters. The van der Waals surface area contributed by atoms with Gasteiger partial charge in [0, 0.05) is 12.2 Å². The molecule has 0 saturated heterocycles. The van der Waals surface area contributed by atoms with E-state index in [1.807, 2.05) is 0 Å². The van der Waals surface area contributed by atoms with Crippen LogP contribution >= 0.6 is 7.26 Å². The van der Waals surface area contributed by atoms with Crippen molar-refractivity contribution < 1.29 is 19.8 Å². The monoisotopic (exact) mass is 264 g/mol. The van der Waals surface area contributed by atoms with Crippen LogP contribution in [0.15, 0.2) is 12.2 Å². The molecular weight excluding hydrogens is 239 g/mol. The molecule has 5 heteroatoms. The van der Waals surface area contributed by atoms with Crippen molar-refractivity contribution in [3.63, 3.8) is 0 Å². The van der Waals surface area contributed by atoms with E-state index in [9.17, 15) is 9.59 Å². The summed E-state index contributed by atoms with van der Waals surface area (Å²) in [5, 5.41) is 15.6. The van der Waals surface area contributed by atoms with Gasteiger partial charge >= 0.3 is 71.5 Å². The Kier molecular flexibility index (Phi) is 11.2. The summed E-state index contributed by atoms with van der Waals surface area (Å²) >= 11 is 0. The van der Waals surface area contributed by atoms with Gasteiger partial charge in [-0.25, -0.2) is 9.59 Å². The molecule has 0 spiro atoms. The van der Waals surface area contributed by atoms with E-state index in [4.69, 9.17) is 10.2 Å². The van der Waals surface area contributed by atoms with Gasteiger partial charge in [-0.2, -0.15) is 0 Å². The average Bonchev–Trinajstić information content (AvgIpc) is 2.31. The van der Waals surface area contributed by atoms with Crippen molar-refractivity contribution in [1.29, 1.82) is 0 Å². The second-order valence-corrected chi connectivity index (χ2v) is 9.75. The minimum atomic E-state index is -1.26. The molecule has 0 unspecified atom stereocenters. The summed E-state index contributed by atoms with van der Waals surface area (Å²) in [6.07, 6.45) is 7.05. The van der Waals surface area contributed by atoms with Crippen LogP contribution in [-0.4, -0.2) is 46.8 Å². The van der Waals surface area contributed by atoms with E-state index in [0.29, 0.717) is 12.2 Å². The third-order valence-corrected chi connectivity index (χ3v) is 9.37. The van der Waals surface area contributed by atoms with Gasteiger partial charge < -0.3 is 10.2 Å². The number of rotatable bonds is 6. The topological polar surface area (TPSA) is 74.6 Å². The van der Waals surface area contributed by atoms with Gasteiger partial charge in [0.15, 0.2) is 0 Å². The van der Waals surface area contributed by atoms with Gasteiger partial charge in [0.25, 0.3) is 0 Å². The summed E-state index contributed by atoms with van der Waals surface area (Å²) in [5.41, 5.74) is 0. The van der Waals surface area contributed by atoms with Crippen LogP contribution in [0.5, 0.6) is 0 Å². The Labute approximate surface area is 104 Å². The van der Waals surface area contributed by atoms with E-state index in [1.165, 1.54) is 24.6 Å². The maximum atomic E-state index is 9.55. The van der Waals surface area contributed by atoms with Crippen molar-refractivity contribution >= 4 is 19.2 Å². The van der Waals surface area contributed by atoms with Crippen LogP contribution in [0, 0.1) is 0 Å². The van der Waals surface area contributed by atoms with Crippen molar-refractivity contribution in [2.24, 2.45) is 0 Å². The Bertz CT molecular complexity index is 224. The Balaban J connectivity index is 0. The summed E-state index contributed by atoms with van der Waals surface area (Å²) in [6, 6.07) is 0. The molecule has 0 aromatic heterocycles. The molecule has 0 rings (SSSR count). The van der Waals surface area contributed by atoms with Crippen molar-refractivity contribution in [2.45, 2.75) is 27.7 Å². The number of carboxylic acid groups (broad SMARTS) is 2. The number of hydrogen-bond donors (Lipinski definition) is 2. The quantitative estimate of drug-likeness (QED) is 0.571. The molecule has 0 bridgehead atoms. The molecule has 0 fully saturated rings. The van der Waals surface area contributed by atoms with Gasteiger partial charge in [-0.15, -0.1) is 0 Å². The molecule has 0 radical (unpaired) electrons. The summed E-state index contributed by atoms with van der Waals surface area (Å²) in [5.74, 6) is -2.51. The first-order valence-electron chi connectivity index (χ1n) is 6.01. The minimum absolute atomic E-state index is 0.558. The van der Waals surface area contributed by atoms with Crippen LogP contribution in [0.4, 0.5) is 0 Å². The number of carboxylic acids is 2. The zero-order valence-corrected chi connectivity index (χ0v) is 12.2. The first-order valence-corrected chi connectivity index (χ1v) is 8.84. The fraction of sp³-hybridized carbons (Fsp3) is 0.667. The van der Waals surface area contributed by atoms with Crippen LogP contribution in [-0.2, 0) is 9.59 Å². The van der Waals surface area contributed by atoms with E-state index in [-0.39, 0.29) is 0 Å². The summed E-state index contributed by atoms with van der Waals surface area (Å²) in [7, 11) is -0.691. The van der Waals surface area contributed by atoms with E-state index in [2.05, 4.69) is 27.7 Å². The fourth-order valence-corrected chi connectivity index (χ4v) is 4.64. The van der Waals surface area contributed by atoms with Crippen LogP contribution in [0.25, 0.3) is 0 Å². The SMILES string of the molecule is CC[PH](CC)(CC)CC.O=C(O)/C=C\C(=O)O. The van der Waals surface area contributed by atoms with E-state index in [1.54, 1.807) is 0 Å². The molecular formula is C12H25O4P. The average molecular weight is 264 g/mol. The molecule has 0 saturated carbocycles. The second-order valence-electron chi connectivity index (χ2n) is 3.92. The predicted octanol–water partition coefficient (Wildman–Crippen LogP) is 2.53. The van der Waals surface area contributed by atoms with Crippen molar-refractivity contribution in [2.75, 3.05) is 24.6 Å². The Morgan fingerprint density at radius 2 is 1.06 bits per heavy atom. The molecule has 0 aliphatic carbocycles. The number of carbonyl (C=O) groups is 2. The smallest absolute Gasteiger partial charge is 0.328 e. The largest absolute Gasteiger partial charge is 0.478 e. The standard InChI is InChI=1S/C8H21P.C4H4O4/c1-5-9(6-2,7-3)8-4;5-3(6)1-2-4(7)8/h9H,5-8H2,1-4H3;1-2H,(H,5,6)(H,7,8)/b;2-1-. The Hall–Kier alpha value is -0.890. The Morgan fingerprint density at radius 3 is 1.12 bits per heavy atom. The molecule has 0 amide bonds. The molecule has 0 aromatic carbocycles. The maximum Gasteiger partial charge on any atom is 0.328 e. The molecule has 102 valence electrons. The number of hydrogen-bond acceptors (Lipinski definition) is 2. The third-order valence-electron chi connectivity index (χ3n) is 3.37. The van der Waals surface area contributed by atoms with Crippen molar-refractivity contribution in [3.05, 3.63) is 12.2 Å². The van der Waals surface area contributed by atoms with Gasteiger partial charge in [-0.3, -0.25) is 0 Å². The van der Waals surface area contributed by atoms with Crippen LogP contribution in [0.3, 0.4) is 0 Å². The minimum Gasteiger partial charge on any atom is -0.478 e. The zero-order chi connectivity index (χ0) is 13.9. The second kappa shape index (κ2) is 10.3. The van der Waals surface area contributed by atoms with E-state index >= 15 is 0 Å². The van der Waals surface area contributed by atoms with Crippen LogP contribution in [0.1, 0.15) is 27.7 Å². The van der Waals surface area contributed by atoms with E-state index < -0.39 is 19.2 Å². The predicted molar refractivity (Wildman–Crippen MR) is 74.9 cm³/mol. The maximum absolute atomic E-state index is 9.55. The van der Waals surface area contributed by atoms with Gasteiger partial charge in [-0.05, 0) is 0 Å². The molecule has 0 aliphatic rings. The summed E-state index contributed by atoms with van der Waals surface area (Å²) in [6.45, 7) is 9.46. The molecule has 17 heavy (non-hydrogen) atoms. The zero-order valence-electron chi connectivity index (χ0n) is 11.2. The molecule has 0 aromatic rings. The first-order chi connectivity index (χ1) is 7.87. The van der Waals surface area contributed by atoms with Gasteiger partial charge in [0.2, 0.25) is 0 Å². The van der Waals surface area contributed by atoms with Gasteiger partial charge in [-0.1, -0.05) is 0 Å². The molecule has 0 heterocycles. The van der Waals surface area contributed by atoms with Crippen molar-refractivity contribution in [3.8, 4) is 0 Å². The van der Waals surface area contributed by atoms with Crippen LogP contribution < -0.4 is 0 Å². The van der Waals surface area contributed by atoms with E-state index in [0.717, 1.165) is 0 Å². The Morgan fingerprint density at radius 1 is 0.824 bits per heavy atom. The number of aliphatic carboxylic acids is 2.